The molecule has 1 amide bonds. The van der Waals surface area contributed by atoms with Crippen LogP contribution in [0.1, 0.15) is 30.1 Å². The summed E-state index contributed by atoms with van der Waals surface area (Å²) in [6.07, 6.45) is 2.02. The van der Waals surface area contributed by atoms with Gasteiger partial charge in [0.2, 0.25) is 0 Å². The first-order chi connectivity index (χ1) is 8.52. The van der Waals surface area contributed by atoms with Crippen LogP contribution >= 0.6 is 0 Å². The van der Waals surface area contributed by atoms with Crippen LogP contribution in [-0.4, -0.2) is 24.7 Å². The molecular formula is C13H19N3O2. The normalized spacial score (nSPS) is 23.6. The first kappa shape index (κ1) is 12.7. The number of amides is 1. The maximum Gasteiger partial charge on any atom is 0.250 e. The standard InChI is InChI=1S/C13H19N3O2/c1-13(6-3-7-18-8-13)16-10-5-2-4-9(11(10)14)12(15)17/h2,4-5,16H,3,6-8,14H2,1H3,(H2,15,17). The molecular weight excluding hydrogens is 230 g/mol. The Labute approximate surface area is 106 Å². The number of hydrogen-bond acceptors (Lipinski definition) is 4. The average Bonchev–Trinajstić information content (AvgIpc) is 2.32. The molecule has 0 bridgehead atoms. The molecule has 0 saturated carbocycles. The minimum atomic E-state index is -0.513. The monoisotopic (exact) mass is 249 g/mol. The Hall–Kier alpha value is -1.75. The molecule has 1 atom stereocenters. The summed E-state index contributed by atoms with van der Waals surface area (Å²) in [5, 5.41) is 3.36. The molecule has 1 aliphatic rings. The molecule has 2 rings (SSSR count). The van der Waals surface area contributed by atoms with E-state index in [9.17, 15) is 4.79 Å². The van der Waals surface area contributed by atoms with Gasteiger partial charge < -0.3 is 21.5 Å². The lowest BCUT2D eigenvalue weighted by Gasteiger charge is -2.35. The van der Waals surface area contributed by atoms with Gasteiger partial charge in [0.25, 0.3) is 5.91 Å². The quantitative estimate of drug-likeness (QED) is 0.705. The Morgan fingerprint density at radius 2 is 2.28 bits per heavy atom. The molecule has 0 spiro atoms. The van der Waals surface area contributed by atoms with Crippen molar-refractivity contribution >= 4 is 17.3 Å². The van der Waals surface area contributed by atoms with Crippen molar-refractivity contribution in [2.75, 3.05) is 24.3 Å². The van der Waals surface area contributed by atoms with Crippen LogP contribution in [0.2, 0.25) is 0 Å². The van der Waals surface area contributed by atoms with E-state index < -0.39 is 5.91 Å². The fraction of sp³-hybridized carbons (Fsp3) is 0.462. The van der Waals surface area contributed by atoms with E-state index in [2.05, 4.69) is 12.2 Å². The van der Waals surface area contributed by atoms with Gasteiger partial charge in [-0.05, 0) is 31.9 Å². The molecule has 1 saturated heterocycles. The van der Waals surface area contributed by atoms with Crippen LogP contribution in [0.5, 0.6) is 0 Å². The number of nitrogens with one attached hydrogen (secondary N) is 1. The van der Waals surface area contributed by atoms with Crippen LogP contribution < -0.4 is 16.8 Å². The van der Waals surface area contributed by atoms with Gasteiger partial charge in [-0.25, -0.2) is 0 Å². The maximum atomic E-state index is 11.2. The lowest BCUT2D eigenvalue weighted by atomic mass is 9.94. The molecule has 18 heavy (non-hydrogen) atoms. The zero-order chi connectivity index (χ0) is 13.2. The second-order valence-corrected chi connectivity index (χ2v) is 4.97. The Kier molecular flexibility index (Phi) is 3.43. The van der Waals surface area contributed by atoms with Crippen LogP contribution in [0.25, 0.3) is 0 Å². The number of carbonyl (C=O) groups is 1. The van der Waals surface area contributed by atoms with Gasteiger partial charge in [-0.2, -0.15) is 0 Å². The van der Waals surface area contributed by atoms with E-state index in [0.29, 0.717) is 17.9 Å². The molecule has 1 heterocycles. The molecule has 1 aliphatic heterocycles. The molecule has 5 nitrogen and oxygen atoms in total. The van der Waals surface area contributed by atoms with Crippen molar-refractivity contribution in [2.24, 2.45) is 5.73 Å². The van der Waals surface area contributed by atoms with Crippen molar-refractivity contribution in [1.82, 2.24) is 0 Å². The van der Waals surface area contributed by atoms with E-state index in [0.717, 1.165) is 25.1 Å². The minimum Gasteiger partial charge on any atom is -0.396 e. The Morgan fingerprint density at radius 1 is 1.50 bits per heavy atom. The molecule has 1 aromatic carbocycles. The molecule has 98 valence electrons. The molecule has 1 unspecified atom stereocenters. The van der Waals surface area contributed by atoms with Gasteiger partial charge in [-0.3, -0.25) is 4.79 Å². The Bertz CT molecular complexity index is 454. The van der Waals surface area contributed by atoms with Crippen molar-refractivity contribution in [1.29, 1.82) is 0 Å². The summed E-state index contributed by atoms with van der Waals surface area (Å²) in [5.74, 6) is -0.513. The highest BCUT2D eigenvalue weighted by Crippen LogP contribution is 2.29. The zero-order valence-electron chi connectivity index (χ0n) is 10.5. The van der Waals surface area contributed by atoms with Gasteiger partial charge in [0.1, 0.15) is 0 Å². The van der Waals surface area contributed by atoms with E-state index in [4.69, 9.17) is 16.2 Å². The molecule has 0 radical (unpaired) electrons. The van der Waals surface area contributed by atoms with Crippen LogP contribution in [0.15, 0.2) is 18.2 Å². The third-order valence-corrected chi connectivity index (χ3v) is 3.25. The highest BCUT2D eigenvalue weighted by molar-refractivity contribution is 6.00. The largest absolute Gasteiger partial charge is 0.396 e. The average molecular weight is 249 g/mol. The second kappa shape index (κ2) is 4.86. The highest BCUT2D eigenvalue weighted by atomic mass is 16.5. The summed E-state index contributed by atoms with van der Waals surface area (Å²) in [7, 11) is 0. The molecule has 1 aromatic rings. The number of rotatable bonds is 3. The molecule has 1 fully saturated rings. The number of carbonyl (C=O) groups excluding carboxylic acids is 1. The Balaban J connectivity index is 2.23. The Morgan fingerprint density at radius 3 is 2.89 bits per heavy atom. The van der Waals surface area contributed by atoms with E-state index in [-0.39, 0.29) is 5.54 Å². The number of benzene rings is 1. The molecule has 0 aromatic heterocycles. The van der Waals surface area contributed by atoms with Crippen LogP contribution in [0, 0.1) is 0 Å². The van der Waals surface area contributed by atoms with Crippen LogP contribution in [-0.2, 0) is 4.74 Å². The van der Waals surface area contributed by atoms with Crippen molar-refractivity contribution in [2.45, 2.75) is 25.3 Å². The summed E-state index contributed by atoms with van der Waals surface area (Å²) in [5.41, 5.74) is 12.6. The van der Waals surface area contributed by atoms with Crippen LogP contribution in [0.3, 0.4) is 0 Å². The number of nitrogens with two attached hydrogens (primary N) is 2. The van der Waals surface area contributed by atoms with Crippen LogP contribution in [0.4, 0.5) is 11.4 Å². The lowest BCUT2D eigenvalue weighted by Crippen LogP contribution is -2.43. The minimum absolute atomic E-state index is 0.150. The van der Waals surface area contributed by atoms with Crippen molar-refractivity contribution in [3.8, 4) is 0 Å². The molecule has 5 heteroatoms. The van der Waals surface area contributed by atoms with Gasteiger partial charge >= 0.3 is 0 Å². The summed E-state index contributed by atoms with van der Waals surface area (Å²) in [6.45, 7) is 3.52. The fourth-order valence-corrected chi connectivity index (χ4v) is 2.25. The third kappa shape index (κ3) is 2.56. The lowest BCUT2D eigenvalue weighted by molar-refractivity contribution is 0.0540. The SMILES string of the molecule is CC1(Nc2cccc(C(N)=O)c2N)CCCOC1. The van der Waals surface area contributed by atoms with E-state index in [1.165, 1.54) is 0 Å². The van der Waals surface area contributed by atoms with E-state index >= 15 is 0 Å². The summed E-state index contributed by atoms with van der Waals surface area (Å²) >= 11 is 0. The van der Waals surface area contributed by atoms with Gasteiger partial charge in [0, 0.05) is 6.61 Å². The predicted molar refractivity (Wildman–Crippen MR) is 71.5 cm³/mol. The highest BCUT2D eigenvalue weighted by Gasteiger charge is 2.28. The number of primary amides is 1. The molecule has 5 N–H and O–H groups in total. The topological polar surface area (TPSA) is 90.4 Å². The number of ether oxygens (including phenoxy) is 1. The van der Waals surface area contributed by atoms with Crippen molar-refractivity contribution < 1.29 is 9.53 Å². The third-order valence-electron chi connectivity index (χ3n) is 3.25. The van der Waals surface area contributed by atoms with Gasteiger partial charge in [0.15, 0.2) is 0 Å². The fourth-order valence-electron chi connectivity index (χ4n) is 2.25. The van der Waals surface area contributed by atoms with E-state index in [1.54, 1.807) is 12.1 Å². The second-order valence-electron chi connectivity index (χ2n) is 4.97. The number of hydrogen-bond donors (Lipinski definition) is 3. The molecule has 0 aliphatic carbocycles. The van der Waals surface area contributed by atoms with Gasteiger partial charge in [-0.1, -0.05) is 6.07 Å². The number of anilines is 2. The van der Waals surface area contributed by atoms with Gasteiger partial charge in [0.05, 0.1) is 29.1 Å². The summed E-state index contributed by atoms with van der Waals surface area (Å²) in [6, 6.07) is 5.25. The van der Waals surface area contributed by atoms with Crippen molar-refractivity contribution in [3.63, 3.8) is 0 Å². The number of para-hydroxylation sites is 1. The number of nitrogen functional groups attached to an aromatic ring is 1. The van der Waals surface area contributed by atoms with Gasteiger partial charge in [-0.15, -0.1) is 0 Å². The smallest absolute Gasteiger partial charge is 0.250 e. The zero-order valence-corrected chi connectivity index (χ0v) is 10.5. The first-order valence-corrected chi connectivity index (χ1v) is 6.06. The van der Waals surface area contributed by atoms with E-state index in [1.807, 2.05) is 6.07 Å². The maximum absolute atomic E-state index is 11.2. The predicted octanol–water partition coefficient (Wildman–Crippen LogP) is 1.35. The summed E-state index contributed by atoms with van der Waals surface area (Å²) in [4.78, 5) is 11.2. The summed E-state index contributed by atoms with van der Waals surface area (Å²) < 4.78 is 5.48. The van der Waals surface area contributed by atoms with Crippen molar-refractivity contribution in [3.05, 3.63) is 23.8 Å². The first-order valence-electron chi connectivity index (χ1n) is 6.06.